The van der Waals surface area contributed by atoms with Crippen LogP contribution < -0.4 is 10.1 Å². The summed E-state index contributed by atoms with van der Waals surface area (Å²) in [4.78, 5) is 12.0. The summed E-state index contributed by atoms with van der Waals surface area (Å²) in [5.41, 5.74) is 1.83. The predicted molar refractivity (Wildman–Crippen MR) is 94.1 cm³/mol. The van der Waals surface area contributed by atoms with E-state index < -0.39 is 0 Å². The number of benzene rings is 2. The molecule has 24 heavy (non-hydrogen) atoms. The third-order valence-corrected chi connectivity index (χ3v) is 3.36. The van der Waals surface area contributed by atoms with E-state index in [1.807, 2.05) is 67.6 Å². The first kappa shape index (κ1) is 17.3. The number of ether oxygens (including phenoxy) is 1. The molecular weight excluding hydrogens is 300 g/mol. The summed E-state index contributed by atoms with van der Waals surface area (Å²) in [6, 6.07) is 19.1. The van der Waals surface area contributed by atoms with Gasteiger partial charge >= 0.3 is 0 Å². The molecule has 0 aliphatic carbocycles. The number of carbonyl (C=O) groups excluding carboxylic acids is 1. The van der Waals surface area contributed by atoms with Crippen molar-refractivity contribution in [2.75, 3.05) is 6.54 Å². The van der Waals surface area contributed by atoms with Gasteiger partial charge in [0, 0.05) is 12.1 Å². The van der Waals surface area contributed by atoms with Crippen molar-refractivity contribution in [3.63, 3.8) is 0 Å². The van der Waals surface area contributed by atoms with Gasteiger partial charge in [-0.25, -0.2) is 0 Å². The zero-order valence-corrected chi connectivity index (χ0v) is 13.7. The lowest BCUT2D eigenvalue weighted by Crippen LogP contribution is -2.25. The van der Waals surface area contributed by atoms with Crippen molar-refractivity contribution in [1.82, 2.24) is 5.32 Å². The lowest BCUT2D eigenvalue weighted by molar-refractivity contribution is -0.117. The van der Waals surface area contributed by atoms with E-state index in [0.29, 0.717) is 24.5 Å². The molecule has 122 valence electrons. The van der Waals surface area contributed by atoms with Crippen molar-refractivity contribution >= 4 is 12.0 Å². The molecule has 2 aromatic carbocycles. The van der Waals surface area contributed by atoms with Crippen LogP contribution in [0.4, 0.5) is 0 Å². The molecule has 0 aliphatic heterocycles. The van der Waals surface area contributed by atoms with Crippen molar-refractivity contribution < 1.29 is 9.53 Å². The number of hydrogen-bond acceptors (Lipinski definition) is 3. The first-order valence-corrected chi connectivity index (χ1v) is 7.90. The highest BCUT2D eigenvalue weighted by atomic mass is 16.5. The fourth-order valence-corrected chi connectivity index (χ4v) is 2.10. The Kier molecular flexibility index (Phi) is 6.60. The Labute approximate surface area is 142 Å². The molecule has 1 amide bonds. The Morgan fingerprint density at radius 3 is 2.58 bits per heavy atom. The van der Waals surface area contributed by atoms with E-state index in [-0.39, 0.29) is 11.5 Å². The molecule has 0 fully saturated rings. The summed E-state index contributed by atoms with van der Waals surface area (Å²) in [5.74, 6) is 0.273. The molecule has 4 heteroatoms. The van der Waals surface area contributed by atoms with Crippen LogP contribution in [0.25, 0.3) is 6.08 Å². The average molecular weight is 320 g/mol. The highest BCUT2D eigenvalue weighted by molar-refractivity contribution is 6.01. The van der Waals surface area contributed by atoms with Gasteiger partial charge < -0.3 is 10.1 Å². The maximum absolute atomic E-state index is 12.0. The van der Waals surface area contributed by atoms with Gasteiger partial charge in [0.05, 0.1) is 0 Å². The minimum absolute atomic E-state index is 0.0687. The fraction of sp³-hybridized carbons (Fsp3) is 0.200. The molecule has 0 aliphatic rings. The van der Waals surface area contributed by atoms with Crippen LogP contribution in [0, 0.1) is 11.3 Å². The molecule has 1 N–H and O–H groups in total. The van der Waals surface area contributed by atoms with Crippen LogP contribution >= 0.6 is 0 Å². The van der Waals surface area contributed by atoms with Gasteiger partial charge in [-0.2, -0.15) is 5.26 Å². The molecule has 0 spiro atoms. The summed E-state index contributed by atoms with van der Waals surface area (Å²) >= 11 is 0. The topological polar surface area (TPSA) is 62.1 Å². The Hall–Kier alpha value is -3.06. The first-order chi connectivity index (χ1) is 11.7. The van der Waals surface area contributed by atoms with Crippen LogP contribution in [-0.4, -0.2) is 12.5 Å². The van der Waals surface area contributed by atoms with Gasteiger partial charge in [-0.15, -0.1) is 0 Å². The number of nitrogens with zero attached hydrogens (tertiary/aromatic N) is 1. The molecule has 4 nitrogen and oxygen atoms in total. The molecule has 0 saturated heterocycles. The lowest BCUT2D eigenvalue weighted by Gasteiger charge is -2.10. The number of rotatable bonds is 7. The van der Waals surface area contributed by atoms with E-state index >= 15 is 0 Å². The van der Waals surface area contributed by atoms with E-state index in [9.17, 15) is 10.1 Å². The van der Waals surface area contributed by atoms with Crippen LogP contribution in [0.3, 0.4) is 0 Å². The lowest BCUT2D eigenvalue weighted by atomic mass is 10.1. The highest BCUT2D eigenvalue weighted by Gasteiger charge is 2.10. The second kappa shape index (κ2) is 9.16. The third kappa shape index (κ3) is 4.99. The molecule has 2 rings (SSSR count). The standard InChI is InChI=1S/C20H20N2O2/c1-2-12-22-20(23)18(14-21)13-17-10-6-7-11-19(17)24-15-16-8-4-3-5-9-16/h3-11,13H,2,12,15H2,1H3,(H,22,23). The molecular formula is C20H20N2O2. The van der Waals surface area contributed by atoms with Crippen molar-refractivity contribution in [2.24, 2.45) is 0 Å². The molecule has 0 heterocycles. The number of nitriles is 1. The monoisotopic (exact) mass is 320 g/mol. The Bertz CT molecular complexity index is 746. The molecule has 2 aromatic rings. The summed E-state index contributed by atoms with van der Waals surface area (Å²) in [5, 5.41) is 11.9. The van der Waals surface area contributed by atoms with Gasteiger partial charge in [0.15, 0.2) is 0 Å². The van der Waals surface area contributed by atoms with E-state index in [4.69, 9.17) is 4.74 Å². The second-order valence-electron chi connectivity index (χ2n) is 5.24. The van der Waals surface area contributed by atoms with Gasteiger partial charge in [0.2, 0.25) is 0 Å². The van der Waals surface area contributed by atoms with E-state index in [1.54, 1.807) is 6.08 Å². The third-order valence-electron chi connectivity index (χ3n) is 3.36. The second-order valence-corrected chi connectivity index (χ2v) is 5.24. The molecule has 0 bridgehead atoms. The number of amides is 1. The smallest absolute Gasteiger partial charge is 0.261 e. The Balaban J connectivity index is 2.16. The number of carbonyl (C=O) groups is 1. The molecule has 0 saturated carbocycles. The van der Waals surface area contributed by atoms with Gasteiger partial charge in [0.1, 0.15) is 24.0 Å². The summed E-state index contributed by atoms with van der Waals surface area (Å²) in [6.07, 6.45) is 2.38. The van der Waals surface area contributed by atoms with E-state index in [1.165, 1.54) is 0 Å². The van der Waals surface area contributed by atoms with Crippen LogP contribution in [-0.2, 0) is 11.4 Å². The van der Waals surface area contributed by atoms with Gasteiger partial charge in [-0.3, -0.25) is 4.79 Å². The van der Waals surface area contributed by atoms with Crippen LogP contribution in [0.1, 0.15) is 24.5 Å². The quantitative estimate of drug-likeness (QED) is 0.625. The number of nitrogens with one attached hydrogen (secondary N) is 1. The van der Waals surface area contributed by atoms with Crippen LogP contribution in [0.2, 0.25) is 0 Å². The summed E-state index contributed by atoms with van der Waals surface area (Å²) < 4.78 is 5.84. The normalized spacial score (nSPS) is 10.8. The van der Waals surface area contributed by atoms with Crippen LogP contribution in [0.15, 0.2) is 60.2 Å². The molecule has 0 unspecified atom stereocenters. The average Bonchev–Trinajstić information content (AvgIpc) is 2.64. The largest absolute Gasteiger partial charge is 0.488 e. The van der Waals surface area contributed by atoms with Crippen molar-refractivity contribution in [3.05, 3.63) is 71.3 Å². The van der Waals surface area contributed by atoms with Gasteiger partial charge in [0.25, 0.3) is 5.91 Å². The zero-order valence-electron chi connectivity index (χ0n) is 13.7. The van der Waals surface area contributed by atoms with Gasteiger partial charge in [-0.05, 0) is 24.1 Å². The summed E-state index contributed by atoms with van der Waals surface area (Å²) in [6.45, 7) is 2.93. The zero-order chi connectivity index (χ0) is 17.2. The number of para-hydroxylation sites is 1. The first-order valence-electron chi connectivity index (χ1n) is 7.90. The predicted octanol–water partition coefficient (Wildman–Crippen LogP) is 3.70. The SMILES string of the molecule is CCCNC(=O)C(C#N)=Cc1ccccc1OCc1ccccc1. The molecule has 0 atom stereocenters. The van der Waals surface area contributed by atoms with E-state index in [2.05, 4.69) is 5.32 Å². The molecule has 0 aromatic heterocycles. The van der Waals surface area contributed by atoms with E-state index in [0.717, 1.165) is 12.0 Å². The maximum Gasteiger partial charge on any atom is 0.261 e. The molecule has 0 radical (unpaired) electrons. The van der Waals surface area contributed by atoms with Gasteiger partial charge in [-0.1, -0.05) is 55.5 Å². The highest BCUT2D eigenvalue weighted by Crippen LogP contribution is 2.22. The van der Waals surface area contributed by atoms with Crippen molar-refractivity contribution in [1.29, 1.82) is 5.26 Å². The maximum atomic E-state index is 12.0. The minimum Gasteiger partial charge on any atom is -0.488 e. The van der Waals surface area contributed by atoms with Crippen molar-refractivity contribution in [2.45, 2.75) is 20.0 Å². The van der Waals surface area contributed by atoms with Crippen molar-refractivity contribution in [3.8, 4) is 11.8 Å². The van der Waals surface area contributed by atoms with Crippen LogP contribution in [0.5, 0.6) is 5.75 Å². The number of hydrogen-bond donors (Lipinski definition) is 1. The summed E-state index contributed by atoms with van der Waals surface area (Å²) in [7, 11) is 0. The Morgan fingerprint density at radius 2 is 1.88 bits per heavy atom. The Morgan fingerprint density at radius 1 is 1.17 bits per heavy atom. The minimum atomic E-state index is -0.364. The fourth-order valence-electron chi connectivity index (χ4n) is 2.10.